The maximum atomic E-state index is 12.0. The molecule has 2 aromatic rings. The van der Waals surface area contributed by atoms with Gasteiger partial charge in [-0.25, -0.2) is 16.8 Å². The number of nitrogens with one attached hydrogen (secondary N) is 1. The van der Waals surface area contributed by atoms with E-state index in [0.717, 1.165) is 11.7 Å². The van der Waals surface area contributed by atoms with Gasteiger partial charge in [0.2, 0.25) is 0 Å². The van der Waals surface area contributed by atoms with Crippen molar-refractivity contribution in [3.63, 3.8) is 0 Å². The molecule has 0 spiro atoms. The quantitative estimate of drug-likeness (QED) is 0.875. The molecule has 122 valence electrons. The Morgan fingerprint density at radius 2 is 1.65 bits per heavy atom. The number of benzene rings is 2. The normalized spacial score (nSPS) is 12.4. The monoisotopic (exact) mass is 371 g/mol. The molecule has 0 aliphatic heterocycles. The third-order valence-corrected chi connectivity index (χ3v) is 5.21. The van der Waals surface area contributed by atoms with E-state index in [2.05, 4.69) is 4.72 Å². The number of anilines is 1. The average molecular weight is 372 g/mol. The lowest BCUT2D eigenvalue weighted by Gasteiger charge is -2.06. The van der Waals surface area contributed by atoms with E-state index in [0.29, 0.717) is 10.6 Å². The summed E-state index contributed by atoms with van der Waals surface area (Å²) < 4.78 is 49.3. The minimum atomic E-state index is -3.76. The van der Waals surface area contributed by atoms with Gasteiger partial charge in [0.15, 0.2) is 9.84 Å². The van der Waals surface area contributed by atoms with E-state index >= 15 is 0 Å². The van der Waals surface area contributed by atoms with Crippen molar-refractivity contribution in [1.29, 1.82) is 0 Å². The fraction of sp³-hybridized carbons (Fsp3) is 0.0667. The highest BCUT2D eigenvalue weighted by Gasteiger charge is 2.10. The Hall–Kier alpha value is -1.83. The Labute approximate surface area is 140 Å². The van der Waals surface area contributed by atoms with Crippen molar-refractivity contribution in [1.82, 2.24) is 0 Å². The van der Waals surface area contributed by atoms with E-state index < -0.39 is 19.9 Å². The van der Waals surface area contributed by atoms with E-state index in [4.69, 9.17) is 11.6 Å². The Kier molecular flexibility index (Phi) is 5.13. The number of halogens is 1. The summed E-state index contributed by atoms with van der Waals surface area (Å²) in [5.41, 5.74) is 0.846. The van der Waals surface area contributed by atoms with Crippen LogP contribution in [0, 0.1) is 0 Å². The summed E-state index contributed by atoms with van der Waals surface area (Å²) in [6.07, 6.45) is 2.47. The van der Waals surface area contributed by atoms with Crippen molar-refractivity contribution in [3.05, 3.63) is 64.5 Å². The summed E-state index contributed by atoms with van der Waals surface area (Å²) in [6.45, 7) is 0. The van der Waals surface area contributed by atoms with Crippen LogP contribution in [0.3, 0.4) is 0 Å². The molecule has 0 aromatic heterocycles. The fourth-order valence-corrected chi connectivity index (χ4v) is 3.38. The van der Waals surface area contributed by atoms with Crippen LogP contribution >= 0.6 is 11.6 Å². The van der Waals surface area contributed by atoms with Crippen molar-refractivity contribution in [2.24, 2.45) is 0 Å². The van der Waals surface area contributed by atoms with Crippen LogP contribution in [0.4, 0.5) is 5.69 Å². The van der Waals surface area contributed by atoms with Crippen molar-refractivity contribution < 1.29 is 16.8 Å². The van der Waals surface area contributed by atoms with Gasteiger partial charge in [0.1, 0.15) is 0 Å². The highest BCUT2D eigenvalue weighted by molar-refractivity contribution is 7.95. The molecular weight excluding hydrogens is 358 g/mol. The molecule has 5 nitrogen and oxygen atoms in total. The highest BCUT2D eigenvalue weighted by atomic mass is 35.5. The van der Waals surface area contributed by atoms with Gasteiger partial charge in [-0.1, -0.05) is 29.8 Å². The molecule has 0 radical (unpaired) electrons. The molecule has 0 heterocycles. The summed E-state index contributed by atoms with van der Waals surface area (Å²) in [7, 11) is -7.17. The summed E-state index contributed by atoms with van der Waals surface area (Å²) in [4.78, 5) is 0.0411. The Bertz CT molecular complexity index is 934. The maximum absolute atomic E-state index is 12.0. The molecule has 0 fully saturated rings. The summed E-state index contributed by atoms with van der Waals surface area (Å²) >= 11 is 5.76. The minimum Gasteiger partial charge on any atom is -0.280 e. The summed E-state index contributed by atoms with van der Waals surface area (Å²) in [5, 5.41) is 1.56. The molecule has 1 N–H and O–H groups in total. The van der Waals surface area contributed by atoms with Crippen LogP contribution in [-0.4, -0.2) is 23.1 Å². The summed E-state index contributed by atoms with van der Waals surface area (Å²) in [6, 6.07) is 12.3. The van der Waals surface area contributed by atoms with Crippen molar-refractivity contribution in [2.45, 2.75) is 4.90 Å². The zero-order valence-electron chi connectivity index (χ0n) is 12.1. The van der Waals surface area contributed by atoms with Crippen LogP contribution in [0.25, 0.3) is 6.08 Å². The third-order valence-electron chi connectivity index (χ3n) is 2.83. The second-order valence-electron chi connectivity index (χ2n) is 4.80. The molecule has 0 bridgehead atoms. The first-order valence-corrected chi connectivity index (χ1v) is 10.2. The first-order chi connectivity index (χ1) is 10.7. The van der Waals surface area contributed by atoms with Gasteiger partial charge in [-0.05, 0) is 42.0 Å². The van der Waals surface area contributed by atoms with E-state index in [-0.39, 0.29) is 10.6 Å². The molecule has 2 rings (SSSR count). The zero-order chi connectivity index (χ0) is 17.1. The van der Waals surface area contributed by atoms with Gasteiger partial charge in [-0.3, -0.25) is 4.72 Å². The molecule has 0 aliphatic carbocycles. The maximum Gasteiger partial charge on any atom is 0.255 e. The topological polar surface area (TPSA) is 80.3 Å². The minimum absolute atomic E-state index is 0.0411. The van der Waals surface area contributed by atoms with Crippen molar-refractivity contribution in [3.8, 4) is 0 Å². The highest BCUT2D eigenvalue weighted by Crippen LogP contribution is 2.17. The molecule has 0 amide bonds. The average Bonchev–Trinajstić information content (AvgIpc) is 2.46. The number of hydrogen-bond acceptors (Lipinski definition) is 4. The zero-order valence-corrected chi connectivity index (χ0v) is 14.5. The van der Waals surface area contributed by atoms with Crippen LogP contribution in [0.2, 0.25) is 5.02 Å². The van der Waals surface area contributed by atoms with Crippen LogP contribution < -0.4 is 4.72 Å². The smallest absolute Gasteiger partial charge is 0.255 e. The van der Waals surface area contributed by atoms with Crippen molar-refractivity contribution >= 4 is 43.2 Å². The number of hydrogen-bond donors (Lipinski definition) is 1. The van der Waals surface area contributed by atoms with Crippen LogP contribution in [0.1, 0.15) is 5.56 Å². The SMILES string of the molecule is CS(=O)(=O)c1cccc(NS(=O)(=O)/C=C/c2ccc(Cl)cc2)c1. The Morgan fingerprint density at radius 3 is 2.26 bits per heavy atom. The first-order valence-electron chi connectivity index (χ1n) is 6.42. The van der Waals surface area contributed by atoms with Gasteiger partial charge >= 0.3 is 0 Å². The molecule has 0 unspecified atom stereocenters. The third kappa shape index (κ3) is 5.38. The lowest BCUT2D eigenvalue weighted by molar-refractivity contribution is 0.601. The van der Waals surface area contributed by atoms with E-state index in [9.17, 15) is 16.8 Å². The van der Waals surface area contributed by atoms with E-state index in [1.54, 1.807) is 24.3 Å². The Balaban J connectivity index is 2.20. The van der Waals surface area contributed by atoms with Gasteiger partial charge in [0.05, 0.1) is 16.0 Å². The second kappa shape index (κ2) is 6.74. The second-order valence-corrected chi connectivity index (χ2v) is 8.82. The molecule has 0 saturated heterocycles. The number of sulfone groups is 1. The molecule has 0 atom stereocenters. The van der Waals surface area contributed by atoms with Gasteiger partial charge in [-0.15, -0.1) is 0 Å². The van der Waals surface area contributed by atoms with Gasteiger partial charge in [-0.2, -0.15) is 0 Å². The van der Waals surface area contributed by atoms with Gasteiger partial charge < -0.3 is 0 Å². The van der Waals surface area contributed by atoms with Crippen LogP contribution in [-0.2, 0) is 19.9 Å². The largest absolute Gasteiger partial charge is 0.280 e. The van der Waals surface area contributed by atoms with E-state index in [1.807, 2.05) is 0 Å². The molecule has 2 aromatic carbocycles. The van der Waals surface area contributed by atoms with Gasteiger partial charge in [0, 0.05) is 11.3 Å². The van der Waals surface area contributed by atoms with Crippen LogP contribution in [0.5, 0.6) is 0 Å². The van der Waals surface area contributed by atoms with Crippen molar-refractivity contribution in [2.75, 3.05) is 11.0 Å². The molecule has 0 aliphatic rings. The standard InChI is InChI=1S/C15H14ClNO4S2/c1-22(18,19)15-4-2-3-14(11-15)17-23(20,21)10-9-12-5-7-13(16)8-6-12/h2-11,17H,1H3/b10-9+. The number of rotatable bonds is 5. The lowest BCUT2D eigenvalue weighted by Crippen LogP contribution is -2.09. The molecular formula is C15H14ClNO4S2. The van der Waals surface area contributed by atoms with Gasteiger partial charge in [0.25, 0.3) is 10.0 Å². The first kappa shape index (κ1) is 17.5. The lowest BCUT2D eigenvalue weighted by atomic mass is 10.2. The summed E-state index contributed by atoms with van der Waals surface area (Å²) in [5.74, 6) is 0. The molecule has 23 heavy (non-hydrogen) atoms. The van der Waals surface area contributed by atoms with Crippen LogP contribution in [0.15, 0.2) is 58.8 Å². The predicted octanol–water partition coefficient (Wildman–Crippen LogP) is 3.16. The molecule has 0 saturated carbocycles. The Morgan fingerprint density at radius 1 is 1.00 bits per heavy atom. The fourth-order valence-electron chi connectivity index (χ4n) is 1.73. The van der Waals surface area contributed by atoms with E-state index in [1.165, 1.54) is 30.3 Å². The predicted molar refractivity (Wildman–Crippen MR) is 92.6 cm³/mol. The molecule has 8 heteroatoms. The number of sulfonamides is 1.